The number of hydrogen-bond donors (Lipinski definition) is 2. The molecular formula is C16H19N3O. The van der Waals surface area contributed by atoms with Gasteiger partial charge in [0.05, 0.1) is 17.3 Å². The molecule has 4 heteroatoms. The van der Waals surface area contributed by atoms with Crippen LogP contribution in [0.3, 0.4) is 0 Å². The lowest BCUT2D eigenvalue weighted by molar-refractivity contribution is 0.507. The fraction of sp³-hybridized carbons (Fsp3) is 0.312. The molecule has 0 amide bonds. The van der Waals surface area contributed by atoms with Crippen LogP contribution in [0, 0.1) is 0 Å². The lowest BCUT2D eigenvalue weighted by Gasteiger charge is -2.07. The van der Waals surface area contributed by atoms with Gasteiger partial charge in [-0.05, 0) is 42.3 Å². The molecule has 1 unspecified atom stereocenters. The Morgan fingerprint density at radius 2 is 2.20 bits per heavy atom. The number of nitrogens with zero attached hydrogens (tertiary/aromatic N) is 1. The molecule has 0 saturated carbocycles. The number of fused-ring (bicyclic) bond motifs is 1. The van der Waals surface area contributed by atoms with Gasteiger partial charge < -0.3 is 15.1 Å². The van der Waals surface area contributed by atoms with E-state index in [1.165, 1.54) is 5.56 Å². The van der Waals surface area contributed by atoms with Gasteiger partial charge in [0.1, 0.15) is 11.6 Å². The van der Waals surface area contributed by atoms with E-state index >= 15 is 0 Å². The molecule has 20 heavy (non-hydrogen) atoms. The Hall–Kier alpha value is -2.07. The molecule has 2 heterocycles. The van der Waals surface area contributed by atoms with Gasteiger partial charge in [-0.15, -0.1) is 0 Å². The zero-order valence-corrected chi connectivity index (χ0v) is 11.6. The molecule has 2 aromatic heterocycles. The van der Waals surface area contributed by atoms with Crippen LogP contribution in [0.15, 0.2) is 41.0 Å². The molecule has 0 aliphatic rings. The highest BCUT2D eigenvalue weighted by molar-refractivity contribution is 5.76. The Balaban J connectivity index is 1.79. The first-order valence-corrected chi connectivity index (χ1v) is 6.97. The largest absolute Gasteiger partial charge is 0.469 e. The monoisotopic (exact) mass is 269 g/mol. The Morgan fingerprint density at radius 3 is 2.95 bits per heavy atom. The average molecular weight is 269 g/mol. The first-order chi connectivity index (χ1) is 9.76. The van der Waals surface area contributed by atoms with Crippen molar-refractivity contribution in [1.82, 2.24) is 9.97 Å². The SMILES string of the molecule is CC(CN)c1ccc2nc(CCc3ccco3)[nH]c2c1. The van der Waals surface area contributed by atoms with Crippen LogP contribution >= 0.6 is 0 Å². The summed E-state index contributed by atoms with van der Waals surface area (Å²) in [6.45, 7) is 2.79. The minimum Gasteiger partial charge on any atom is -0.469 e. The number of nitrogens with one attached hydrogen (secondary N) is 1. The van der Waals surface area contributed by atoms with E-state index in [0.717, 1.165) is 35.5 Å². The van der Waals surface area contributed by atoms with E-state index in [1.54, 1.807) is 6.26 Å². The molecule has 0 radical (unpaired) electrons. The third-order valence-corrected chi connectivity index (χ3v) is 3.67. The van der Waals surface area contributed by atoms with Gasteiger partial charge in [-0.1, -0.05) is 13.0 Å². The highest BCUT2D eigenvalue weighted by Gasteiger charge is 2.08. The number of aromatic amines is 1. The van der Waals surface area contributed by atoms with Crippen molar-refractivity contribution in [3.63, 3.8) is 0 Å². The van der Waals surface area contributed by atoms with E-state index in [0.29, 0.717) is 12.5 Å². The molecule has 1 atom stereocenters. The van der Waals surface area contributed by atoms with E-state index in [-0.39, 0.29) is 0 Å². The number of hydrogen-bond acceptors (Lipinski definition) is 3. The molecule has 0 saturated heterocycles. The van der Waals surface area contributed by atoms with Crippen molar-refractivity contribution in [2.45, 2.75) is 25.7 Å². The minimum atomic E-state index is 0.370. The maximum Gasteiger partial charge on any atom is 0.107 e. The second kappa shape index (κ2) is 5.51. The lowest BCUT2D eigenvalue weighted by Crippen LogP contribution is -2.08. The van der Waals surface area contributed by atoms with E-state index in [1.807, 2.05) is 12.1 Å². The van der Waals surface area contributed by atoms with Crippen molar-refractivity contribution in [2.24, 2.45) is 5.73 Å². The number of aryl methyl sites for hydroxylation is 2. The van der Waals surface area contributed by atoms with Crippen LogP contribution in [0.4, 0.5) is 0 Å². The van der Waals surface area contributed by atoms with Crippen molar-refractivity contribution in [3.05, 3.63) is 53.7 Å². The summed E-state index contributed by atoms with van der Waals surface area (Å²) in [4.78, 5) is 7.99. The summed E-state index contributed by atoms with van der Waals surface area (Å²) in [5.41, 5.74) is 9.06. The van der Waals surface area contributed by atoms with Crippen molar-refractivity contribution in [2.75, 3.05) is 6.54 Å². The summed E-state index contributed by atoms with van der Waals surface area (Å²) < 4.78 is 5.34. The molecule has 0 aliphatic heterocycles. The van der Waals surface area contributed by atoms with Crippen LogP contribution in [-0.2, 0) is 12.8 Å². The van der Waals surface area contributed by atoms with E-state index < -0.39 is 0 Å². The van der Waals surface area contributed by atoms with Gasteiger partial charge in [0, 0.05) is 12.8 Å². The quantitative estimate of drug-likeness (QED) is 0.748. The number of H-pyrrole nitrogens is 1. The molecule has 0 fully saturated rings. The number of aromatic nitrogens is 2. The molecule has 1 aromatic carbocycles. The Kier molecular flexibility index (Phi) is 3.56. The minimum absolute atomic E-state index is 0.370. The van der Waals surface area contributed by atoms with Crippen molar-refractivity contribution in [3.8, 4) is 0 Å². The number of furan rings is 1. The highest BCUT2D eigenvalue weighted by Crippen LogP contribution is 2.20. The van der Waals surface area contributed by atoms with Gasteiger partial charge in [0.2, 0.25) is 0 Å². The number of benzene rings is 1. The standard InChI is InChI=1S/C16H19N3O/c1-11(10-17)12-4-6-14-15(9-12)19-16(18-14)7-5-13-3-2-8-20-13/h2-4,6,8-9,11H,5,7,10,17H2,1H3,(H,18,19). The van der Waals surface area contributed by atoms with Crippen LogP contribution < -0.4 is 5.73 Å². The van der Waals surface area contributed by atoms with Gasteiger partial charge in [0.15, 0.2) is 0 Å². The fourth-order valence-corrected chi connectivity index (χ4v) is 2.34. The van der Waals surface area contributed by atoms with Crippen LogP contribution in [0.2, 0.25) is 0 Å². The zero-order valence-electron chi connectivity index (χ0n) is 11.6. The Labute approximate surface area is 118 Å². The second-order valence-corrected chi connectivity index (χ2v) is 5.18. The molecule has 0 bridgehead atoms. The first kappa shape index (κ1) is 12.9. The summed E-state index contributed by atoms with van der Waals surface area (Å²) in [7, 11) is 0. The molecule has 3 N–H and O–H groups in total. The molecule has 0 spiro atoms. The van der Waals surface area contributed by atoms with Gasteiger partial charge in [-0.3, -0.25) is 0 Å². The van der Waals surface area contributed by atoms with Gasteiger partial charge in [-0.2, -0.15) is 0 Å². The fourth-order valence-electron chi connectivity index (χ4n) is 2.34. The highest BCUT2D eigenvalue weighted by atomic mass is 16.3. The Morgan fingerprint density at radius 1 is 1.30 bits per heavy atom. The van der Waals surface area contributed by atoms with Crippen LogP contribution in [0.5, 0.6) is 0 Å². The molecule has 0 aliphatic carbocycles. The van der Waals surface area contributed by atoms with Crippen molar-refractivity contribution < 1.29 is 4.42 Å². The number of rotatable bonds is 5. The summed E-state index contributed by atoms with van der Waals surface area (Å²) in [6.07, 6.45) is 3.41. The first-order valence-electron chi connectivity index (χ1n) is 6.97. The maximum atomic E-state index is 5.72. The zero-order chi connectivity index (χ0) is 13.9. The van der Waals surface area contributed by atoms with Crippen LogP contribution in [-0.4, -0.2) is 16.5 Å². The van der Waals surface area contributed by atoms with E-state index in [9.17, 15) is 0 Å². The van der Waals surface area contributed by atoms with Gasteiger partial charge in [0.25, 0.3) is 0 Å². The predicted octanol–water partition coefficient (Wildman–Crippen LogP) is 3.00. The number of imidazole rings is 1. The summed E-state index contributed by atoms with van der Waals surface area (Å²) in [5.74, 6) is 2.35. The maximum absolute atomic E-state index is 5.72. The summed E-state index contributed by atoms with van der Waals surface area (Å²) >= 11 is 0. The summed E-state index contributed by atoms with van der Waals surface area (Å²) in [6, 6.07) is 10.2. The molecule has 4 nitrogen and oxygen atoms in total. The van der Waals surface area contributed by atoms with Gasteiger partial charge in [-0.25, -0.2) is 4.98 Å². The third kappa shape index (κ3) is 2.60. The Bertz CT molecular complexity index is 685. The number of nitrogens with two attached hydrogens (primary N) is 1. The normalized spacial score (nSPS) is 12.9. The van der Waals surface area contributed by atoms with Crippen molar-refractivity contribution >= 4 is 11.0 Å². The topological polar surface area (TPSA) is 67.8 Å². The molecule has 104 valence electrons. The summed E-state index contributed by atoms with van der Waals surface area (Å²) in [5, 5.41) is 0. The van der Waals surface area contributed by atoms with Gasteiger partial charge >= 0.3 is 0 Å². The van der Waals surface area contributed by atoms with Crippen molar-refractivity contribution in [1.29, 1.82) is 0 Å². The van der Waals surface area contributed by atoms with E-state index in [2.05, 4.69) is 35.1 Å². The lowest BCUT2D eigenvalue weighted by atomic mass is 10.0. The third-order valence-electron chi connectivity index (χ3n) is 3.67. The second-order valence-electron chi connectivity index (χ2n) is 5.18. The molecule has 3 rings (SSSR count). The average Bonchev–Trinajstić information content (AvgIpc) is 3.12. The van der Waals surface area contributed by atoms with Crippen LogP contribution in [0.25, 0.3) is 11.0 Å². The molecule has 3 aromatic rings. The van der Waals surface area contributed by atoms with E-state index in [4.69, 9.17) is 10.2 Å². The van der Waals surface area contributed by atoms with Crippen LogP contribution in [0.1, 0.15) is 30.0 Å². The molecular weight excluding hydrogens is 250 g/mol. The predicted molar refractivity (Wildman–Crippen MR) is 79.7 cm³/mol. The smallest absolute Gasteiger partial charge is 0.107 e.